The molecule has 2 N–H and O–H groups in total. The Kier molecular flexibility index (Phi) is 5.09. The number of carboxylic acids is 1. The Bertz CT molecular complexity index is 456. The smallest absolute Gasteiger partial charge is 0.305 e. The molecule has 0 saturated carbocycles. The monoisotopic (exact) mass is 279 g/mol. The van der Waals surface area contributed by atoms with E-state index < -0.39 is 18.1 Å². The van der Waals surface area contributed by atoms with Crippen molar-refractivity contribution in [1.29, 1.82) is 0 Å². The first-order valence-electron chi connectivity index (χ1n) is 6.43. The van der Waals surface area contributed by atoms with Crippen LogP contribution in [-0.2, 0) is 19.1 Å². The zero-order valence-corrected chi connectivity index (χ0v) is 11.0. The summed E-state index contributed by atoms with van der Waals surface area (Å²) in [4.78, 5) is 23.0. The van der Waals surface area contributed by atoms with Gasteiger partial charge in [-0.2, -0.15) is 0 Å². The van der Waals surface area contributed by atoms with Gasteiger partial charge in [-0.25, -0.2) is 0 Å². The molecule has 2 rings (SSSR count). The molecule has 1 heterocycles. The molecule has 1 amide bonds. The number of carboxylic acid groups (broad SMARTS) is 1. The van der Waals surface area contributed by atoms with E-state index in [9.17, 15) is 9.59 Å². The number of amides is 1. The number of benzene rings is 1. The van der Waals surface area contributed by atoms with Crippen molar-refractivity contribution in [3.05, 3.63) is 35.9 Å². The van der Waals surface area contributed by atoms with Gasteiger partial charge < -0.3 is 19.9 Å². The highest BCUT2D eigenvalue weighted by atomic mass is 16.6. The van der Waals surface area contributed by atoms with Crippen molar-refractivity contribution in [2.24, 2.45) is 0 Å². The molecule has 0 spiro atoms. The van der Waals surface area contributed by atoms with Gasteiger partial charge in [0.2, 0.25) is 0 Å². The van der Waals surface area contributed by atoms with Gasteiger partial charge in [0.1, 0.15) is 0 Å². The van der Waals surface area contributed by atoms with Gasteiger partial charge in [-0.3, -0.25) is 9.59 Å². The summed E-state index contributed by atoms with van der Waals surface area (Å²) in [6, 6.07) is 8.43. The van der Waals surface area contributed by atoms with Crippen LogP contribution in [0.1, 0.15) is 18.0 Å². The number of hydrogen-bond acceptors (Lipinski definition) is 4. The molecule has 6 nitrogen and oxygen atoms in total. The normalized spacial score (nSPS) is 20.1. The lowest BCUT2D eigenvalue weighted by Gasteiger charge is -2.25. The maximum atomic E-state index is 12.1. The molecule has 20 heavy (non-hydrogen) atoms. The number of ether oxygens (including phenoxy) is 2. The molecular formula is C14H17NO5. The van der Waals surface area contributed by atoms with Crippen LogP contribution in [0.25, 0.3) is 0 Å². The predicted molar refractivity (Wildman–Crippen MR) is 70.1 cm³/mol. The second-order valence-corrected chi connectivity index (χ2v) is 4.50. The Hall–Kier alpha value is -1.92. The lowest BCUT2D eigenvalue weighted by molar-refractivity contribution is -0.148. The average Bonchev–Trinajstić information content (AvgIpc) is 2.48. The maximum Gasteiger partial charge on any atom is 0.305 e. The fourth-order valence-electron chi connectivity index (χ4n) is 2.02. The van der Waals surface area contributed by atoms with Crippen LogP contribution < -0.4 is 5.32 Å². The highest BCUT2D eigenvalue weighted by molar-refractivity contribution is 5.82. The van der Waals surface area contributed by atoms with Gasteiger partial charge in [0.15, 0.2) is 6.10 Å². The van der Waals surface area contributed by atoms with Crippen LogP contribution in [0.3, 0.4) is 0 Å². The summed E-state index contributed by atoms with van der Waals surface area (Å²) in [5, 5.41) is 11.7. The van der Waals surface area contributed by atoms with Crippen LogP contribution in [0.2, 0.25) is 0 Å². The third kappa shape index (κ3) is 4.04. The Morgan fingerprint density at radius 2 is 2.05 bits per heavy atom. The molecule has 1 aromatic rings. The lowest BCUT2D eigenvalue weighted by Crippen LogP contribution is -2.44. The number of nitrogens with one attached hydrogen (secondary N) is 1. The third-order valence-electron chi connectivity index (χ3n) is 3.01. The van der Waals surface area contributed by atoms with Crippen LogP contribution in [0.4, 0.5) is 0 Å². The Morgan fingerprint density at radius 3 is 2.65 bits per heavy atom. The molecule has 0 aliphatic carbocycles. The summed E-state index contributed by atoms with van der Waals surface area (Å²) in [6.45, 7) is 1.04. The maximum absolute atomic E-state index is 12.1. The highest BCUT2D eigenvalue weighted by Crippen LogP contribution is 2.17. The van der Waals surface area contributed by atoms with E-state index in [0.29, 0.717) is 13.2 Å². The van der Waals surface area contributed by atoms with Crippen LogP contribution in [0.5, 0.6) is 0 Å². The van der Waals surface area contributed by atoms with Gasteiger partial charge >= 0.3 is 5.97 Å². The van der Waals surface area contributed by atoms with E-state index >= 15 is 0 Å². The first-order chi connectivity index (χ1) is 9.66. The first kappa shape index (κ1) is 14.5. The van der Waals surface area contributed by atoms with Gasteiger partial charge in [0.25, 0.3) is 5.91 Å². The summed E-state index contributed by atoms with van der Waals surface area (Å²) in [5.41, 5.74) is 0.750. The zero-order valence-electron chi connectivity index (χ0n) is 11.0. The molecule has 1 saturated heterocycles. The quantitative estimate of drug-likeness (QED) is 0.830. The van der Waals surface area contributed by atoms with Gasteiger partial charge in [0.05, 0.1) is 32.3 Å². The molecule has 1 aliphatic rings. The largest absolute Gasteiger partial charge is 0.481 e. The van der Waals surface area contributed by atoms with E-state index in [1.807, 2.05) is 6.07 Å². The minimum atomic E-state index is -0.972. The molecule has 6 heteroatoms. The molecule has 0 aromatic heterocycles. The van der Waals surface area contributed by atoms with Gasteiger partial charge in [0, 0.05) is 0 Å². The van der Waals surface area contributed by atoms with Crippen LogP contribution >= 0.6 is 0 Å². The predicted octanol–water partition coefficient (Wildman–Crippen LogP) is 0.734. The van der Waals surface area contributed by atoms with E-state index in [0.717, 1.165) is 5.56 Å². The van der Waals surface area contributed by atoms with Gasteiger partial charge in [-0.15, -0.1) is 0 Å². The average molecular weight is 279 g/mol. The number of aliphatic carboxylic acids is 1. The van der Waals surface area contributed by atoms with Crippen LogP contribution in [-0.4, -0.2) is 42.9 Å². The summed E-state index contributed by atoms with van der Waals surface area (Å²) in [7, 11) is 0. The van der Waals surface area contributed by atoms with Crippen molar-refractivity contribution in [3.63, 3.8) is 0 Å². The highest BCUT2D eigenvalue weighted by Gasteiger charge is 2.26. The van der Waals surface area contributed by atoms with E-state index in [1.54, 1.807) is 24.3 Å². The van der Waals surface area contributed by atoms with Crippen molar-refractivity contribution in [1.82, 2.24) is 5.32 Å². The van der Waals surface area contributed by atoms with Crippen molar-refractivity contribution >= 4 is 11.9 Å². The fourth-order valence-corrected chi connectivity index (χ4v) is 2.02. The molecule has 1 fully saturated rings. The molecule has 1 aromatic carbocycles. The summed E-state index contributed by atoms with van der Waals surface area (Å²) < 4.78 is 10.5. The summed E-state index contributed by atoms with van der Waals surface area (Å²) >= 11 is 0. The molecule has 2 atom stereocenters. The summed E-state index contributed by atoms with van der Waals surface area (Å²) in [6.07, 6.45) is -0.854. The second kappa shape index (κ2) is 7.02. The lowest BCUT2D eigenvalue weighted by atomic mass is 10.0. The van der Waals surface area contributed by atoms with Gasteiger partial charge in [-0.1, -0.05) is 30.3 Å². The Labute approximate surface area is 116 Å². The molecule has 108 valence electrons. The third-order valence-corrected chi connectivity index (χ3v) is 3.01. The van der Waals surface area contributed by atoms with Crippen molar-refractivity contribution in [2.45, 2.75) is 18.6 Å². The van der Waals surface area contributed by atoms with Crippen molar-refractivity contribution < 1.29 is 24.2 Å². The molecule has 0 bridgehead atoms. The molecule has 0 unspecified atom stereocenters. The van der Waals surface area contributed by atoms with Crippen molar-refractivity contribution in [3.8, 4) is 0 Å². The Balaban J connectivity index is 2.03. The molecule has 0 radical (unpaired) electrons. The SMILES string of the molecule is O=C(O)C[C@@H](NC(=O)[C@@H]1COCCO1)c1ccccc1. The number of carbonyl (C=O) groups is 2. The standard InChI is InChI=1S/C14H17NO5/c16-13(17)8-11(10-4-2-1-3-5-10)15-14(18)12-9-19-6-7-20-12/h1-5,11-12H,6-9H2,(H,15,18)(H,16,17)/t11-,12+/m1/s1. The Morgan fingerprint density at radius 1 is 1.30 bits per heavy atom. The van der Waals surface area contributed by atoms with E-state index in [1.165, 1.54) is 0 Å². The van der Waals surface area contributed by atoms with Crippen LogP contribution in [0.15, 0.2) is 30.3 Å². The van der Waals surface area contributed by atoms with Crippen LogP contribution in [0, 0.1) is 0 Å². The van der Waals surface area contributed by atoms with E-state index in [4.69, 9.17) is 14.6 Å². The minimum absolute atomic E-state index is 0.177. The topological polar surface area (TPSA) is 84.9 Å². The fraction of sp³-hybridized carbons (Fsp3) is 0.429. The number of rotatable bonds is 5. The molecule has 1 aliphatic heterocycles. The minimum Gasteiger partial charge on any atom is -0.481 e. The zero-order chi connectivity index (χ0) is 14.4. The first-order valence-corrected chi connectivity index (χ1v) is 6.43. The number of hydrogen-bond donors (Lipinski definition) is 2. The summed E-state index contributed by atoms with van der Waals surface area (Å²) in [5.74, 6) is -1.32. The van der Waals surface area contributed by atoms with E-state index in [-0.39, 0.29) is 18.9 Å². The van der Waals surface area contributed by atoms with Gasteiger partial charge in [-0.05, 0) is 5.56 Å². The van der Waals surface area contributed by atoms with Crippen molar-refractivity contribution in [2.75, 3.05) is 19.8 Å². The molecular weight excluding hydrogens is 262 g/mol. The second-order valence-electron chi connectivity index (χ2n) is 4.50. The van der Waals surface area contributed by atoms with E-state index in [2.05, 4.69) is 5.32 Å². The number of carbonyl (C=O) groups excluding carboxylic acids is 1.